The number of carbonyl (C=O) groups excluding carboxylic acids is 1. The van der Waals surface area contributed by atoms with Crippen LogP contribution in [0.2, 0.25) is 0 Å². The minimum Gasteiger partial charge on any atom is -0.337 e. The molecule has 0 bridgehead atoms. The van der Waals surface area contributed by atoms with Crippen LogP contribution in [0.15, 0.2) is 12.3 Å². The molecular formula is C18H30N4O. The maximum Gasteiger partial charge on any atom is 0.317 e. The Morgan fingerprint density at radius 1 is 1.35 bits per heavy atom. The molecule has 1 atom stereocenters. The number of hydrogen-bond donors (Lipinski definition) is 1. The van der Waals surface area contributed by atoms with Gasteiger partial charge in [-0.05, 0) is 36.7 Å². The zero-order valence-electron chi connectivity index (χ0n) is 14.7. The fourth-order valence-corrected chi connectivity index (χ4v) is 4.38. The molecule has 1 saturated heterocycles. The highest BCUT2D eigenvalue weighted by Crippen LogP contribution is 2.45. The standard InChI is InChI=1S/C18H30N4O/c1-14(2)15(16-6-10-20-21(16)3)12-19-17(23)22-11-9-18(13-22)7-4-5-8-18/h6,10,14-15H,4-5,7-9,11-13H2,1-3H3,(H,19,23). The van der Waals surface area contributed by atoms with Crippen LogP contribution in [-0.4, -0.2) is 40.3 Å². The van der Waals surface area contributed by atoms with Crippen molar-refractivity contribution in [3.63, 3.8) is 0 Å². The maximum atomic E-state index is 12.6. The third-order valence-electron chi connectivity index (χ3n) is 5.91. The summed E-state index contributed by atoms with van der Waals surface area (Å²) in [6.07, 6.45) is 8.31. The van der Waals surface area contributed by atoms with E-state index in [0.29, 0.717) is 23.8 Å². The molecule has 2 amide bonds. The number of hydrogen-bond acceptors (Lipinski definition) is 2. The van der Waals surface area contributed by atoms with Gasteiger partial charge in [0.05, 0.1) is 0 Å². The summed E-state index contributed by atoms with van der Waals surface area (Å²) in [7, 11) is 1.97. The summed E-state index contributed by atoms with van der Waals surface area (Å²) in [6, 6.07) is 2.17. The summed E-state index contributed by atoms with van der Waals surface area (Å²) in [5, 5.41) is 7.44. The number of amides is 2. The third kappa shape index (κ3) is 3.38. The first-order chi connectivity index (χ1) is 11.0. The highest BCUT2D eigenvalue weighted by Gasteiger charge is 2.41. The van der Waals surface area contributed by atoms with Crippen LogP contribution in [0.5, 0.6) is 0 Å². The number of urea groups is 1. The van der Waals surface area contributed by atoms with Crippen LogP contribution in [-0.2, 0) is 7.05 Å². The number of likely N-dealkylation sites (tertiary alicyclic amines) is 1. The first-order valence-corrected chi connectivity index (χ1v) is 9.01. The molecule has 2 aliphatic rings. The third-order valence-corrected chi connectivity index (χ3v) is 5.91. The van der Waals surface area contributed by atoms with E-state index in [1.54, 1.807) is 0 Å². The molecule has 2 heterocycles. The normalized spacial score (nSPS) is 21.3. The van der Waals surface area contributed by atoms with Gasteiger partial charge in [0.2, 0.25) is 0 Å². The molecule has 1 spiro atoms. The van der Waals surface area contributed by atoms with Crippen molar-refractivity contribution in [2.75, 3.05) is 19.6 Å². The SMILES string of the molecule is CC(C)C(CNC(=O)N1CCC2(CCCC2)C1)c1ccnn1C. The largest absolute Gasteiger partial charge is 0.337 e. The van der Waals surface area contributed by atoms with Gasteiger partial charge in [-0.15, -0.1) is 0 Å². The monoisotopic (exact) mass is 318 g/mol. The molecule has 3 rings (SSSR count). The van der Waals surface area contributed by atoms with Gasteiger partial charge in [0.15, 0.2) is 0 Å². The number of nitrogens with one attached hydrogen (secondary N) is 1. The summed E-state index contributed by atoms with van der Waals surface area (Å²) < 4.78 is 1.92. The summed E-state index contributed by atoms with van der Waals surface area (Å²) >= 11 is 0. The van der Waals surface area contributed by atoms with Crippen LogP contribution in [0.3, 0.4) is 0 Å². The first kappa shape index (κ1) is 16.3. The van der Waals surface area contributed by atoms with Gasteiger partial charge < -0.3 is 10.2 Å². The Kier molecular flexibility index (Phi) is 4.64. The molecule has 1 N–H and O–H groups in total. The Hall–Kier alpha value is -1.52. The highest BCUT2D eigenvalue weighted by molar-refractivity contribution is 5.74. The number of aromatic nitrogens is 2. The summed E-state index contributed by atoms with van der Waals surface area (Å²) in [6.45, 7) is 6.96. The van der Waals surface area contributed by atoms with E-state index in [9.17, 15) is 4.79 Å². The molecule has 1 aliphatic carbocycles. The van der Waals surface area contributed by atoms with Crippen molar-refractivity contribution in [3.8, 4) is 0 Å². The van der Waals surface area contributed by atoms with Crippen LogP contribution in [0, 0.1) is 11.3 Å². The molecule has 1 saturated carbocycles. The fourth-order valence-electron chi connectivity index (χ4n) is 4.38. The van der Waals surface area contributed by atoms with Gasteiger partial charge >= 0.3 is 6.03 Å². The zero-order chi connectivity index (χ0) is 16.4. The summed E-state index contributed by atoms with van der Waals surface area (Å²) in [5.41, 5.74) is 1.63. The molecule has 5 heteroatoms. The lowest BCUT2D eigenvalue weighted by molar-refractivity contribution is 0.198. The quantitative estimate of drug-likeness (QED) is 0.927. The minimum absolute atomic E-state index is 0.113. The fraction of sp³-hybridized carbons (Fsp3) is 0.778. The Morgan fingerprint density at radius 3 is 2.70 bits per heavy atom. The van der Waals surface area contributed by atoms with E-state index in [1.165, 1.54) is 37.8 Å². The van der Waals surface area contributed by atoms with Crippen molar-refractivity contribution in [3.05, 3.63) is 18.0 Å². The van der Waals surface area contributed by atoms with Crippen LogP contribution in [0.1, 0.15) is 57.6 Å². The Balaban J connectivity index is 1.56. The molecule has 23 heavy (non-hydrogen) atoms. The van der Waals surface area contributed by atoms with Crippen LogP contribution >= 0.6 is 0 Å². The predicted molar refractivity (Wildman–Crippen MR) is 91.3 cm³/mol. The van der Waals surface area contributed by atoms with Gasteiger partial charge in [0.1, 0.15) is 0 Å². The first-order valence-electron chi connectivity index (χ1n) is 9.01. The van der Waals surface area contributed by atoms with E-state index < -0.39 is 0 Å². The van der Waals surface area contributed by atoms with E-state index in [-0.39, 0.29) is 6.03 Å². The molecule has 2 fully saturated rings. The highest BCUT2D eigenvalue weighted by atomic mass is 16.2. The summed E-state index contributed by atoms with van der Waals surface area (Å²) in [4.78, 5) is 14.6. The van der Waals surface area contributed by atoms with Crippen LogP contribution in [0.25, 0.3) is 0 Å². The number of rotatable bonds is 4. The van der Waals surface area contributed by atoms with E-state index in [4.69, 9.17) is 0 Å². The lowest BCUT2D eigenvalue weighted by atomic mass is 9.86. The van der Waals surface area contributed by atoms with Gasteiger partial charge in [0.25, 0.3) is 0 Å². The molecule has 1 aromatic rings. The maximum absolute atomic E-state index is 12.6. The van der Waals surface area contributed by atoms with Gasteiger partial charge in [-0.2, -0.15) is 5.10 Å². The second-order valence-electron chi connectivity index (χ2n) is 7.79. The van der Waals surface area contributed by atoms with E-state index in [1.807, 2.05) is 22.8 Å². The van der Waals surface area contributed by atoms with Gasteiger partial charge in [0, 0.05) is 44.5 Å². The van der Waals surface area contributed by atoms with Gasteiger partial charge in [-0.25, -0.2) is 4.79 Å². The van der Waals surface area contributed by atoms with Crippen LogP contribution in [0.4, 0.5) is 4.79 Å². The van der Waals surface area contributed by atoms with Gasteiger partial charge in [-0.1, -0.05) is 26.7 Å². The number of aryl methyl sites for hydroxylation is 1. The number of nitrogens with zero attached hydrogens (tertiary/aromatic N) is 3. The van der Waals surface area contributed by atoms with Crippen LogP contribution < -0.4 is 5.32 Å². The minimum atomic E-state index is 0.113. The van der Waals surface area contributed by atoms with E-state index in [2.05, 4.69) is 30.3 Å². The number of carbonyl (C=O) groups is 1. The lowest BCUT2D eigenvalue weighted by Crippen LogP contribution is -2.41. The predicted octanol–water partition coefficient (Wildman–Crippen LogP) is 3.14. The van der Waals surface area contributed by atoms with E-state index in [0.717, 1.165) is 13.1 Å². The van der Waals surface area contributed by atoms with Crippen molar-refractivity contribution >= 4 is 6.03 Å². The molecule has 0 radical (unpaired) electrons. The average molecular weight is 318 g/mol. The van der Waals surface area contributed by atoms with Crippen molar-refractivity contribution in [1.82, 2.24) is 20.0 Å². The van der Waals surface area contributed by atoms with E-state index >= 15 is 0 Å². The average Bonchev–Trinajstić information content (AvgIpc) is 3.23. The molecule has 0 aromatic carbocycles. The molecule has 1 unspecified atom stereocenters. The van der Waals surface area contributed by atoms with Crippen molar-refractivity contribution in [1.29, 1.82) is 0 Å². The van der Waals surface area contributed by atoms with Crippen molar-refractivity contribution < 1.29 is 4.79 Å². The zero-order valence-corrected chi connectivity index (χ0v) is 14.7. The molecule has 1 aromatic heterocycles. The van der Waals surface area contributed by atoms with Gasteiger partial charge in [-0.3, -0.25) is 4.68 Å². The van der Waals surface area contributed by atoms with Crippen molar-refractivity contribution in [2.45, 2.75) is 51.9 Å². The summed E-state index contributed by atoms with van der Waals surface area (Å²) in [5.74, 6) is 0.764. The Morgan fingerprint density at radius 2 is 2.09 bits per heavy atom. The molecular weight excluding hydrogens is 288 g/mol. The molecule has 128 valence electrons. The van der Waals surface area contributed by atoms with Crippen molar-refractivity contribution in [2.24, 2.45) is 18.4 Å². The second kappa shape index (κ2) is 6.54. The topological polar surface area (TPSA) is 50.2 Å². The lowest BCUT2D eigenvalue weighted by Gasteiger charge is -2.26. The smallest absolute Gasteiger partial charge is 0.317 e. The molecule has 5 nitrogen and oxygen atoms in total. The second-order valence-corrected chi connectivity index (χ2v) is 7.79. The Labute approximate surface area is 139 Å². The Bertz CT molecular complexity index is 545. The molecule has 1 aliphatic heterocycles.